The molecule has 1 saturated heterocycles. The topological polar surface area (TPSA) is 33.7 Å². The van der Waals surface area contributed by atoms with E-state index in [1.54, 1.807) is 14.2 Å². The van der Waals surface area contributed by atoms with Crippen molar-refractivity contribution in [2.75, 3.05) is 34.4 Å². The number of rotatable bonds is 5. The van der Waals surface area contributed by atoms with Crippen LogP contribution >= 0.6 is 15.9 Å². The lowest BCUT2D eigenvalue weighted by molar-refractivity contribution is 0.213. The second kappa shape index (κ2) is 8.01. The number of hydrogen-bond donors (Lipinski definition) is 1. The van der Waals surface area contributed by atoms with E-state index in [4.69, 9.17) is 9.47 Å². The molecule has 21 heavy (non-hydrogen) atoms. The zero-order chi connectivity index (χ0) is 15.2. The van der Waals surface area contributed by atoms with Crippen molar-refractivity contribution in [1.29, 1.82) is 0 Å². The van der Waals surface area contributed by atoms with Gasteiger partial charge in [0.05, 0.1) is 18.7 Å². The van der Waals surface area contributed by atoms with Crippen molar-refractivity contribution in [2.24, 2.45) is 0 Å². The molecular formula is C16H25BrN2O2. The summed E-state index contributed by atoms with van der Waals surface area (Å²) < 4.78 is 11.8. The first-order valence-corrected chi connectivity index (χ1v) is 8.26. The van der Waals surface area contributed by atoms with Gasteiger partial charge in [-0.15, -0.1) is 0 Å². The Morgan fingerprint density at radius 1 is 1.19 bits per heavy atom. The summed E-state index contributed by atoms with van der Waals surface area (Å²) in [5.74, 6) is 1.75. The molecule has 0 bridgehead atoms. The van der Waals surface area contributed by atoms with Crippen LogP contribution in [-0.4, -0.2) is 45.3 Å². The van der Waals surface area contributed by atoms with Gasteiger partial charge in [-0.25, -0.2) is 0 Å². The van der Waals surface area contributed by atoms with Crippen molar-refractivity contribution >= 4 is 15.9 Å². The molecule has 1 aromatic rings. The fraction of sp³-hybridized carbons (Fsp3) is 0.625. The van der Waals surface area contributed by atoms with Gasteiger partial charge in [-0.1, -0.05) is 0 Å². The number of ether oxygens (including phenoxy) is 2. The maximum Gasteiger partial charge on any atom is 0.133 e. The molecule has 0 saturated carbocycles. The number of nitrogens with zero attached hydrogens (tertiary/aromatic N) is 1. The van der Waals surface area contributed by atoms with Crippen LogP contribution in [-0.2, 0) is 6.54 Å². The lowest BCUT2D eigenvalue weighted by atomic mass is 10.1. The normalized spacial score (nSPS) is 19.4. The zero-order valence-electron chi connectivity index (χ0n) is 13.1. The monoisotopic (exact) mass is 356 g/mol. The van der Waals surface area contributed by atoms with E-state index in [9.17, 15) is 0 Å². The van der Waals surface area contributed by atoms with E-state index in [-0.39, 0.29) is 0 Å². The summed E-state index contributed by atoms with van der Waals surface area (Å²) >= 11 is 3.51. The molecule has 1 aromatic carbocycles. The Morgan fingerprint density at radius 3 is 2.67 bits per heavy atom. The molecule has 4 nitrogen and oxygen atoms in total. The summed E-state index contributed by atoms with van der Waals surface area (Å²) in [5.41, 5.74) is 1.16. The highest BCUT2D eigenvalue weighted by Crippen LogP contribution is 2.33. The molecular weight excluding hydrogens is 332 g/mol. The minimum atomic E-state index is 0.624. The van der Waals surface area contributed by atoms with Gasteiger partial charge in [0.25, 0.3) is 0 Å². The van der Waals surface area contributed by atoms with Gasteiger partial charge in [0.2, 0.25) is 0 Å². The molecule has 1 aliphatic rings. The minimum Gasteiger partial charge on any atom is -0.496 e. The molecule has 2 rings (SSSR count). The van der Waals surface area contributed by atoms with Crippen LogP contribution in [0.3, 0.4) is 0 Å². The van der Waals surface area contributed by atoms with E-state index in [1.807, 2.05) is 6.07 Å². The van der Waals surface area contributed by atoms with Crippen LogP contribution in [0.1, 0.15) is 24.8 Å². The predicted octanol–water partition coefficient (Wildman–Crippen LogP) is 3.04. The van der Waals surface area contributed by atoms with Gasteiger partial charge in [-0.2, -0.15) is 0 Å². The van der Waals surface area contributed by atoms with Crippen molar-refractivity contribution < 1.29 is 9.47 Å². The van der Waals surface area contributed by atoms with E-state index in [0.29, 0.717) is 6.04 Å². The van der Waals surface area contributed by atoms with Gasteiger partial charge >= 0.3 is 0 Å². The molecule has 1 atom stereocenters. The van der Waals surface area contributed by atoms with Crippen molar-refractivity contribution in [2.45, 2.75) is 31.8 Å². The highest BCUT2D eigenvalue weighted by molar-refractivity contribution is 9.10. The number of nitrogens with one attached hydrogen (secondary N) is 1. The van der Waals surface area contributed by atoms with Crippen LogP contribution in [0.5, 0.6) is 11.5 Å². The van der Waals surface area contributed by atoms with Crippen LogP contribution in [0.15, 0.2) is 16.6 Å². The third-order valence-electron chi connectivity index (χ3n) is 4.14. The average Bonchev–Trinajstić information content (AvgIpc) is 2.77. The van der Waals surface area contributed by atoms with E-state index in [1.165, 1.54) is 19.3 Å². The molecule has 1 aliphatic heterocycles. The first-order valence-electron chi connectivity index (χ1n) is 7.47. The van der Waals surface area contributed by atoms with Crippen molar-refractivity contribution in [3.8, 4) is 11.5 Å². The van der Waals surface area contributed by atoms with Gasteiger partial charge in [0.1, 0.15) is 11.5 Å². The average molecular weight is 357 g/mol. The largest absolute Gasteiger partial charge is 0.496 e. The van der Waals surface area contributed by atoms with Crippen LogP contribution in [0.25, 0.3) is 0 Å². The van der Waals surface area contributed by atoms with Gasteiger partial charge in [0, 0.05) is 18.2 Å². The maximum absolute atomic E-state index is 5.51. The summed E-state index contributed by atoms with van der Waals surface area (Å²) in [5, 5.41) is 3.47. The fourth-order valence-electron chi connectivity index (χ4n) is 2.89. The Hall–Kier alpha value is -0.780. The molecule has 0 aromatic heterocycles. The zero-order valence-corrected chi connectivity index (χ0v) is 14.7. The Bertz CT molecular complexity index is 460. The van der Waals surface area contributed by atoms with E-state index >= 15 is 0 Å². The van der Waals surface area contributed by atoms with Gasteiger partial charge in [0.15, 0.2) is 0 Å². The summed E-state index contributed by atoms with van der Waals surface area (Å²) in [6, 6.07) is 4.67. The number of halogens is 1. The molecule has 118 valence electrons. The minimum absolute atomic E-state index is 0.624. The third kappa shape index (κ3) is 4.34. The summed E-state index contributed by atoms with van der Waals surface area (Å²) in [6.45, 7) is 3.12. The Morgan fingerprint density at radius 2 is 1.95 bits per heavy atom. The van der Waals surface area contributed by atoms with Crippen molar-refractivity contribution in [1.82, 2.24) is 10.2 Å². The Balaban J connectivity index is 2.13. The Kier molecular flexibility index (Phi) is 6.33. The second-order valence-corrected chi connectivity index (χ2v) is 6.40. The SMILES string of the molecule is COc1cc(CN(C)C2CCCNCC2)c(OC)cc1Br. The predicted molar refractivity (Wildman–Crippen MR) is 89.2 cm³/mol. The van der Waals surface area contributed by atoms with Gasteiger partial charge in [-0.3, -0.25) is 4.90 Å². The van der Waals surface area contributed by atoms with Gasteiger partial charge < -0.3 is 14.8 Å². The fourth-order valence-corrected chi connectivity index (χ4v) is 3.37. The highest BCUT2D eigenvalue weighted by atomic mass is 79.9. The molecule has 0 amide bonds. The number of methoxy groups -OCH3 is 2. The molecule has 1 fully saturated rings. The van der Waals surface area contributed by atoms with Crippen LogP contribution < -0.4 is 14.8 Å². The van der Waals surface area contributed by atoms with Crippen LogP contribution in [0.2, 0.25) is 0 Å². The standard InChI is InChI=1S/C16H25BrN2O2/c1-19(13-5-4-7-18-8-6-13)11-12-9-16(21-3)14(17)10-15(12)20-2/h9-10,13,18H,4-8,11H2,1-3H3. The number of hydrogen-bond acceptors (Lipinski definition) is 4. The smallest absolute Gasteiger partial charge is 0.133 e. The molecule has 1 unspecified atom stereocenters. The molecule has 0 spiro atoms. The summed E-state index contributed by atoms with van der Waals surface area (Å²) in [7, 11) is 5.61. The first kappa shape index (κ1) is 16.6. The maximum atomic E-state index is 5.51. The second-order valence-electron chi connectivity index (χ2n) is 5.55. The van der Waals surface area contributed by atoms with E-state index in [2.05, 4.69) is 39.3 Å². The molecule has 0 radical (unpaired) electrons. The lowest BCUT2D eigenvalue weighted by Crippen LogP contribution is -2.32. The third-order valence-corrected chi connectivity index (χ3v) is 4.76. The molecule has 5 heteroatoms. The summed E-state index contributed by atoms with van der Waals surface area (Å²) in [4.78, 5) is 2.43. The quantitative estimate of drug-likeness (QED) is 0.878. The van der Waals surface area contributed by atoms with Crippen LogP contribution in [0, 0.1) is 0 Å². The molecule has 0 aliphatic carbocycles. The number of benzene rings is 1. The Labute approximate surface area is 135 Å². The molecule has 1 heterocycles. The van der Waals surface area contributed by atoms with Gasteiger partial charge in [-0.05, 0) is 67.5 Å². The van der Waals surface area contributed by atoms with Crippen LogP contribution in [0.4, 0.5) is 0 Å². The molecule has 1 N–H and O–H groups in total. The summed E-state index contributed by atoms with van der Waals surface area (Å²) in [6.07, 6.45) is 3.70. The lowest BCUT2D eigenvalue weighted by Gasteiger charge is -2.27. The van der Waals surface area contributed by atoms with E-state index < -0.39 is 0 Å². The first-order chi connectivity index (χ1) is 10.2. The van der Waals surface area contributed by atoms with Crippen molar-refractivity contribution in [3.05, 3.63) is 22.2 Å². The van der Waals surface area contributed by atoms with Crippen molar-refractivity contribution in [3.63, 3.8) is 0 Å². The van der Waals surface area contributed by atoms with E-state index in [0.717, 1.165) is 41.2 Å². The highest BCUT2D eigenvalue weighted by Gasteiger charge is 2.19.